The molecule has 2 aliphatic heterocycles. The van der Waals surface area contributed by atoms with Gasteiger partial charge >= 0.3 is 0 Å². The fraction of sp³-hybridized carbons (Fsp3) is 0.583. The number of nitrogens with one attached hydrogen (secondary N) is 1. The molecule has 1 unspecified atom stereocenters. The third-order valence-electron chi connectivity index (χ3n) is 3.68. The van der Waals surface area contributed by atoms with Crippen LogP contribution in [0.3, 0.4) is 0 Å². The van der Waals surface area contributed by atoms with Crippen molar-refractivity contribution in [1.29, 1.82) is 0 Å². The standard InChI is InChI=1S/C12H17N5O/c1-13-12-14-5-4-10(15-12)16-6-7-17-9(8-16)2-3-11(17)18/h4-5,9H,2-3,6-8H2,1H3,(H,13,14,15). The fourth-order valence-electron chi connectivity index (χ4n) is 2.72. The molecule has 3 heterocycles. The number of hydrogen-bond acceptors (Lipinski definition) is 5. The van der Waals surface area contributed by atoms with Gasteiger partial charge in [0.05, 0.1) is 0 Å². The minimum atomic E-state index is 0.304. The first-order valence-corrected chi connectivity index (χ1v) is 6.33. The molecule has 2 aliphatic rings. The minimum absolute atomic E-state index is 0.304. The van der Waals surface area contributed by atoms with Crippen LogP contribution in [-0.4, -0.2) is 53.5 Å². The van der Waals surface area contributed by atoms with E-state index in [1.807, 2.05) is 18.0 Å². The Hall–Kier alpha value is -1.85. The topological polar surface area (TPSA) is 61.4 Å². The van der Waals surface area contributed by atoms with Gasteiger partial charge < -0.3 is 15.1 Å². The zero-order chi connectivity index (χ0) is 12.5. The molecule has 0 aromatic carbocycles. The average molecular weight is 247 g/mol. The van der Waals surface area contributed by atoms with E-state index in [4.69, 9.17) is 0 Å². The van der Waals surface area contributed by atoms with Crippen molar-refractivity contribution < 1.29 is 4.79 Å². The lowest BCUT2D eigenvalue weighted by Crippen LogP contribution is -2.51. The predicted octanol–water partition coefficient (Wildman–Crippen LogP) is 0.329. The van der Waals surface area contributed by atoms with Crippen LogP contribution < -0.4 is 10.2 Å². The molecule has 0 spiro atoms. The van der Waals surface area contributed by atoms with E-state index < -0.39 is 0 Å². The molecule has 18 heavy (non-hydrogen) atoms. The van der Waals surface area contributed by atoms with Gasteiger partial charge in [0.1, 0.15) is 5.82 Å². The van der Waals surface area contributed by atoms with Gasteiger partial charge in [-0.05, 0) is 12.5 Å². The van der Waals surface area contributed by atoms with Crippen molar-refractivity contribution in [3.8, 4) is 0 Å². The number of piperazine rings is 1. The van der Waals surface area contributed by atoms with Crippen molar-refractivity contribution in [1.82, 2.24) is 14.9 Å². The van der Waals surface area contributed by atoms with Gasteiger partial charge in [-0.2, -0.15) is 4.98 Å². The number of fused-ring (bicyclic) bond motifs is 1. The van der Waals surface area contributed by atoms with Gasteiger partial charge in [0.15, 0.2) is 0 Å². The predicted molar refractivity (Wildman–Crippen MR) is 68.5 cm³/mol. The highest BCUT2D eigenvalue weighted by Crippen LogP contribution is 2.25. The number of carbonyl (C=O) groups excluding carboxylic acids is 1. The average Bonchev–Trinajstić information content (AvgIpc) is 2.80. The molecule has 2 saturated heterocycles. The summed E-state index contributed by atoms with van der Waals surface area (Å²) in [5, 5.41) is 2.95. The van der Waals surface area contributed by atoms with Crippen LogP contribution in [0.5, 0.6) is 0 Å². The van der Waals surface area contributed by atoms with Crippen molar-refractivity contribution in [2.24, 2.45) is 0 Å². The maximum Gasteiger partial charge on any atom is 0.224 e. The Bertz CT molecular complexity index is 464. The Morgan fingerprint density at radius 3 is 3.17 bits per heavy atom. The molecule has 1 aromatic heterocycles. The number of rotatable bonds is 2. The summed E-state index contributed by atoms with van der Waals surface area (Å²) in [5.41, 5.74) is 0. The van der Waals surface area contributed by atoms with Crippen LogP contribution in [0.2, 0.25) is 0 Å². The van der Waals surface area contributed by atoms with Crippen molar-refractivity contribution in [3.05, 3.63) is 12.3 Å². The molecule has 6 nitrogen and oxygen atoms in total. The Kier molecular flexibility index (Phi) is 2.77. The Balaban J connectivity index is 1.76. The number of hydrogen-bond donors (Lipinski definition) is 1. The zero-order valence-corrected chi connectivity index (χ0v) is 10.5. The summed E-state index contributed by atoms with van der Waals surface area (Å²) in [4.78, 5) is 24.4. The van der Waals surface area contributed by atoms with Gasteiger partial charge in [-0.25, -0.2) is 4.98 Å². The van der Waals surface area contributed by atoms with Crippen LogP contribution >= 0.6 is 0 Å². The lowest BCUT2D eigenvalue weighted by molar-refractivity contribution is -0.129. The number of nitrogens with zero attached hydrogens (tertiary/aromatic N) is 4. The van der Waals surface area contributed by atoms with Crippen molar-refractivity contribution >= 4 is 17.7 Å². The Morgan fingerprint density at radius 1 is 1.44 bits per heavy atom. The monoisotopic (exact) mass is 247 g/mol. The molecule has 0 bridgehead atoms. The molecule has 1 atom stereocenters. The second kappa shape index (κ2) is 4.44. The maximum absolute atomic E-state index is 11.6. The molecule has 1 N–H and O–H groups in total. The summed E-state index contributed by atoms with van der Waals surface area (Å²) >= 11 is 0. The van der Waals surface area contributed by atoms with Crippen LogP contribution in [0.1, 0.15) is 12.8 Å². The van der Waals surface area contributed by atoms with Gasteiger partial charge in [-0.1, -0.05) is 0 Å². The van der Waals surface area contributed by atoms with Gasteiger partial charge in [0.2, 0.25) is 11.9 Å². The highest BCUT2D eigenvalue weighted by atomic mass is 16.2. The summed E-state index contributed by atoms with van der Waals surface area (Å²) in [6, 6.07) is 2.28. The second-order valence-corrected chi connectivity index (χ2v) is 4.71. The molecule has 6 heteroatoms. The van der Waals surface area contributed by atoms with Crippen molar-refractivity contribution in [3.63, 3.8) is 0 Å². The summed E-state index contributed by atoms with van der Waals surface area (Å²) < 4.78 is 0. The quantitative estimate of drug-likeness (QED) is 0.816. The maximum atomic E-state index is 11.6. The fourth-order valence-corrected chi connectivity index (χ4v) is 2.72. The number of aromatic nitrogens is 2. The normalized spacial score (nSPS) is 23.2. The Morgan fingerprint density at radius 2 is 2.33 bits per heavy atom. The van der Waals surface area contributed by atoms with E-state index in [2.05, 4.69) is 20.2 Å². The summed E-state index contributed by atoms with van der Waals surface area (Å²) in [7, 11) is 1.81. The number of carbonyl (C=O) groups is 1. The van der Waals surface area contributed by atoms with Gasteiger partial charge in [0.25, 0.3) is 0 Å². The van der Waals surface area contributed by atoms with E-state index in [9.17, 15) is 4.79 Å². The molecule has 96 valence electrons. The van der Waals surface area contributed by atoms with Crippen LogP contribution in [-0.2, 0) is 4.79 Å². The summed E-state index contributed by atoms with van der Waals surface area (Å²) in [5.74, 6) is 1.88. The van der Waals surface area contributed by atoms with E-state index in [1.54, 1.807) is 6.20 Å². The van der Waals surface area contributed by atoms with E-state index in [0.717, 1.165) is 31.9 Å². The smallest absolute Gasteiger partial charge is 0.224 e. The van der Waals surface area contributed by atoms with Crippen LogP contribution in [0.15, 0.2) is 12.3 Å². The number of amides is 1. The molecule has 2 fully saturated rings. The van der Waals surface area contributed by atoms with E-state index >= 15 is 0 Å². The molecule has 3 rings (SSSR count). The largest absolute Gasteiger partial charge is 0.357 e. The van der Waals surface area contributed by atoms with E-state index in [-0.39, 0.29) is 0 Å². The molecular weight excluding hydrogens is 230 g/mol. The lowest BCUT2D eigenvalue weighted by atomic mass is 10.1. The minimum Gasteiger partial charge on any atom is -0.357 e. The highest BCUT2D eigenvalue weighted by molar-refractivity contribution is 5.79. The van der Waals surface area contributed by atoms with Crippen molar-refractivity contribution in [2.45, 2.75) is 18.9 Å². The first-order chi connectivity index (χ1) is 8.78. The Labute approximate surface area is 106 Å². The van der Waals surface area contributed by atoms with Crippen molar-refractivity contribution in [2.75, 3.05) is 36.9 Å². The molecular formula is C12H17N5O. The van der Waals surface area contributed by atoms with E-state index in [1.165, 1.54) is 0 Å². The van der Waals surface area contributed by atoms with Gasteiger partial charge in [0, 0.05) is 45.3 Å². The molecule has 1 amide bonds. The molecule has 0 saturated carbocycles. The highest BCUT2D eigenvalue weighted by Gasteiger charge is 2.35. The van der Waals surface area contributed by atoms with E-state index in [0.29, 0.717) is 24.3 Å². The SMILES string of the molecule is CNc1nccc(N2CCN3C(=O)CCC3C2)n1. The molecule has 0 aliphatic carbocycles. The first-order valence-electron chi connectivity index (χ1n) is 6.33. The van der Waals surface area contributed by atoms with Gasteiger partial charge in [-0.3, -0.25) is 4.79 Å². The summed E-state index contributed by atoms with van der Waals surface area (Å²) in [6.45, 7) is 2.54. The van der Waals surface area contributed by atoms with Crippen LogP contribution in [0, 0.1) is 0 Å². The van der Waals surface area contributed by atoms with Gasteiger partial charge in [-0.15, -0.1) is 0 Å². The molecule has 0 radical (unpaired) electrons. The van der Waals surface area contributed by atoms with Crippen LogP contribution in [0.4, 0.5) is 11.8 Å². The lowest BCUT2D eigenvalue weighted by Gasteiger charge is -2.38. The summed E-state index contributed by atoms with van der Waals surface area (Å²) in [6.07, 6.45) is 3.43. The third-order valence-corrected chi connectivity index (χ3v) is 3.68. The zero-order valence-electron chi connectivity index (χ0n) is 10.5. The molecule has 1 aromatic rings. The third kappa shape index (κ3) is 1.87. The number of anilines is 2. The first kappa shape index (κ1) is 11.3. The van der Waals surface area contributed by atoms with Crippen LogP contribution in [0.25, 0.3) is 0 Å². The second-order valence-electron chi connectivity index (χ2n) is 4.71.